The zero-order valence-corrected chi connectivity index (χ0v) is 20.7. The first-order chi connectivity index (χ1) is 17.9. The molecule has 5 rings (SSSR count). The van der Waals surface area contributed by atoms with Crippen molar-refractivity contribution in [3.63, 3.8) is 0 Å². The number of aliphatic carboxylic acids is 1. The van der Waals surface area contributed by atoms with E-state index in [1.54, 1.807) is 19.3 Å². The van der Waals surface area contributed by atoms with Crippen LogP contribution in [0.15, 0.2) is 71.7 Å². The Bertz CT molecular complexity index is 1460. The number of pyridine rings is 1. The lowest BCUT2D eigenvalue weighted by Crippen LogP contribution is -2.26. The lowest BCUT2D eigenvalue weighted by molar-refractivity contribution is -0.137. The average molecular weight is 498 g/mol. The Hall–Kier alpha value is -4.26. The number of nitrogens with zero attached hydrogens (tertiary/aromatic N) is 2. The van der Waals surface area contributed by atoms with Crippen molar-refractivity contribution in [1.82, 2.24) is 4.98 Å². The van der Waals surface area contributed by atoms with Crippen molar-refractivity contribution in [3.8, 4) is 28.1 Å². The number of anilines is 1. The van der Waals surface area contributed by atoms with Crippen molar-refractivity contribution in [2.24, 2.45) is 10.9 Å². The molecular formula is C30H28FN3O3. The van der Waals surface area contributed by atoms with Crippen molar-refractivity contribution >= 4 is 28.8 Å². The smallest absolute Gasteiger partial charge is 0.325 e. The van der Waals surface area contributed by atoms with Crippen LogP contribution in [0.25, 0.3) is 33.3 Å². The molecule has 0 amide bonds. The summed E-state index contributed by atoms with van der Waals surface area (Å²) in [5.74, 6) is 0.139. The molecule has 3 aromatic carbocycles. The molecule has 4 aromatic rings. The third-order valence-electron chi connectivity index (χ3n) is 6.50. The van der Waals surface area contributed by atoms with E-state index in [2.05, 4.69) is 10.3 Å². The number of benzene rings is 3. The molecule has 1 atom stereocenters. The Morgan fingerprint density at radius 2 is 1.76 bits per heavy atom. The predicted molar refractivity (Wildman–Crippen MR) is 145 cm³/mol. The number of aliphatic imine (C=N–C) groups is 1. The molecule has 188 valence electrons. The van der Waals surface area contributed by atoms with Gasteiger partial charge in [-0.3, -0.25) is 9.79 Å². The van der Waals surface area contributed by atoms with E-state index < -0.39 is 17.8 Å². The van der Waals surface area contributed by atoms with Gasteiger partial charge in [0.15, 0.2) is 0 Å². The van der Waals surface area contributed by atoms with Crippen LogP contribution >= 0.6 is 0 Å². The fraction of sp³-hybridized carbons (Fsp3) is 0.233. The zero-order valence-electron chi connectivity index (χ0n) is 20.7. The Labute approximate surface area is 214 Å². The number of hydrogen-bond acceptors (Lipinski definition) is 5. The normalized spacial score (nSPS) is 14.1. The lowest BCUT2D eigenvalue weighted by Gasteiger charge is -2.19. The molecule has 0 bridgehead atoms. The van der Waals surface area contributed by atoms with E-state index in [-0.39, 0.29) is 0 Å². The van der Waals surface area contributed by atoms with E-state index in [0.29, 0.717) is 33.8 Å². The molecule has 2 N–H and O–H groups in total. The molecule has 1 saturated carbocycles. The summed E-state index contributed by atoms with van der Waals surface area (Å²) in [5.41, 5.74) is 5.20. The quantitative estimate of drug-likeness (QED) is 0.260. The summed E-state index contributed by atoms with van der Waals surface area (Å²) in [5, 5.41) is 13.0. The molecule has 1 heterocycles. The molecule has 1 aliphatic carbocycles. The van der Waals surface area contributed by atoms with Gasteiger partial charge in [0.1, 0.15) is 17.6 Å². The van der Waals surface area contributed by atoms with Gasteiger partial charge in [-0.2, -0.15) is 0 Å². The first-order valence-corrected chi connectivity index (χ1v) is 12.3. The molecule has 0 radical (unpaired) electrons. The highest BCUT2D eigenvalue weighted by Crippen LogP contribution is 2.35. The minimum absolute atomic E-state index is 0.430. The molecule has 1 aliphatic rings. The van der Waals surface area contributed by atoms with E-state index in [0.717, 1.165) is 29.0 Å². The molecular weight excluding hydrogens is 469 g/mol. The minimum atomic E-state index is -1.02. The predicted octanol–water partition coefficient (Wildman–Crippen LogP) is 6.43. The van der Waals surface area contributed by atoms with Crippen molar-refractivity contribution in [2.75, 3.05) is 19.0 Å². The number of nitrogens with one attached hydrogen (secondary N) is 1. The van der Waals surface area contributed by atoms with Crippen LogP contribution < -0.4 is 10.1 Å². The van der Waals surface area contributed by atoms with Crippen LogP contribution in [0.1, 0.15) is 25.3 Å². The number of carbonyl (C=O) groups is 1. The van der Waals surface area contributed by atoms with E-state index in [9.17, 15) is 14.3 Å². The summed E-state index contributed by atoms with van der Waals surface area (Å²) < 4.78 is 20.0. The van der Waals surface area contributed by atoms with Crippen LogP contribution in [0.3, 0.4) is 0 Å². The molecule has 0 saturated heterocycles. The monoisotopic (exact) mass is 497 g/mol. The average Bonchev–Trinajstić information content (AvgIpc) is 3.74. The van der Waals surface area contributed by atoms with Crippen molar-refractivity contribution in [3.05, 3.63) is 78.1 Å². The SMILES string of the molecule is CN=Cc1c(-c2ccc(-c3ccc(OCC4CC4)cc3)cc2)nc2ccc(F)cc2c1NC(C)C(=O)O. The van der Waals surface area contributed by atoms with E-state index in [1.165, 1.54) is 31.9 Å². The molecule has 37 heavy (non-hydrogen) atoms. The van der Waals surface area contributed by atoms with Crippen LogP contribution in [0.4, 0.5) is 10.1 Å². The fourth-order valence-electron chi connectivity index (χ4n) is 4.22. The van der Waals surface area contributed by atoms with Crippen LogP contribution in [0.2, 0.25) is 0 Å². The number of aromatic nitrogens is 1. The number of carboxylic acid groups (broad SMARTS) is 1. The molecule has 1 unspecified atom stereocenters. The Morgan fingerprint density at radius 1 is 1.11 bits per heavy atom. The van der Waals surface area contributed by atoms with Gasteiger partial charge in [0.2, 0.25) is 0 Å². The van der Waals surface area contributed by atoms with Gasteiger partial charge in [0.25, 0.3) is 0 Å². The largest absolute Gasteiger partial charge is 0.493 e. The number of rotatable bonds is 9. The highest BCUT2D eigenvalue weighted by Gasteiger charge is 2.22. The second-order valence-electron chi connectivity index (χ2n) is 9.36. The number of fused-ring (bicyclic) bond motifs is 1. The van der Waals surface area contributed by atoms with Crippen molar-refractivity contribution < 1.29 is 19.0 Å². The van der Waals surface area contributed by atoms with Gasteiger partial charge in [0, 0.05) is 29.8 Å². The summed E-state index contributed by atoms with van der Waals surface area (Å²) in [7, 11) is 1.63. The highest BCUT2D eigenvalue weighted by atomic mass is 19.1. The van der Waals surface area contributed by atoms with Gasteiger partial charge in [0.05, 0.1) is 23.5 Å². The third kappa shape index (κ3) is 5.45. The topological polar surface area (TPSA) is 83.8 Å². The van der Waals surface area contributed by atoms with Gasteiger partial charge in [-0.1, -0.05) is 36.4 Å². The van der Waals surface area contributed by atoms with Crippen LogP contribution in [0.5, 0.6) is 5.75 Å². The molecule has 1 aromatic heterocycles. The second kappa shape index (κ2) is 10.4. The maximum atomic E-state index is 14.2. The highest BCUT2D eigenvalue weighted by molar-refractivity contribution is 6.07. The summed E-state index contributed by atoms with van der Waals surface area (Å²) in [6.07, 6.45) is 4.14. The zero-order chi connectivity index (χ0) is 25.9. The van der Waals surface area contributed by atoms with E-state index >= 15 is 0 Å². The molecule has 0 aliphatic heterocycles. The minimum Gasteiger partial charge on any atom is -0.493 e. The fourth-order valence-corrected chi connectivity index (χ4v) is 4.22. The Balaban J connectivity index is 1.52. The number of carboxylic acids is 1. The summed E-state index contributed by atoms with van der Waals surface area (Å²) >= 11 is 0. The maximum Gasteiger partial charge on any atom is 0.325 e. The summed E-state index contributed by atoms with van der Waals surface area (Å²) in [6.45, 7) is 2.32. The summed E-state index contributed by atoms with van der Waals surface area (Å²) in [6, 6.07) is 19.5. The molecule has 6 nitrogen and oxygen atoms in total. The molecule has 1 fully saturated rings. The van der Waals surface area contributed by atoms with Crippen molar-refractivity contribution in [2.45, 2.75) is 25.8 Å². The second-order valence-corrected chi connectivity index (χ2v) is 9.36. The molecule has 0 spiro atoms. The van der Waals surface area contributed by atoms with Crippen molar-refractivity contribution in [1.29, 1.82) is 0 Å². The third-order valence-corrected chi connectivity index (χ3v) is 6.50. The van der Waals surface area contributed by atoms with Gasteiger partial charge >= 0.3 is 5.97 Å². The van der Waals surface area contributed by atoms with Gasteiger partial charge in [-0.25, -0.2) is 9.37 Å². The van der Waals surface area contributed by atoms with Gasteiger partial charge in [-0.15, -0.1) is 0 Å². The number of ether oxygens (including phenoxy) is 1. The first kappa shape index (κ1) is 24.4. The van der Waals surface area contributed by atoms with Crippen LogP contribution in [-0.4, -0.2) is 42.0 Å². The molecule has 7 heteroatoms. The van der Waals surface area contributed by atoms with Gasteiger partial charge in [-0.05, 0) is 67.1 Å². The van der Waals surface area contributed by atoms with Crippen LogP contribution in [0, 0.1) is 11.7 Å². The van der Waals surface area contributed by atoms with E-state index in [1.807, 2.05) is 48.5 Å². The maximum absolute atomic E-state index is 14.2. The van der Waals surface area contributed by atoms with Crippen LogP contribution in [-0.2, 0) is 4.79 Å². The summed E-state index contributed by atoms with van der Waals surface area (Å²) in [4.78, 5) is 20.6. The lowest BCUT2D eigenvalue weighted by atomic mass is 9.98. The number of hydrogen-bond donors (Lipinski definition) is 2. The first-order valence-electron chi connectivity index (χ1n) is 12.3. The van der Waals surface area contributed by atoms with Gasteiger partial charge < -0.3 is 15.2 Å². The standard InChI is InChI=1S/C30H28FN3O3/c1-18(30(35)36)33-29-25-15-23(31)11-14-27(25)34-28(26(29)16-32-2)22-7-5-20(6-8-22)21-9-12-24(13-10-21)37-17-19-3-4-19/h5-16,18-19H,3-4,17H2,1-2H3,(H,33,34)(H,35,36). The number of halogens is 1. The van der Waals surface area contributed by atoms with E-state index in [4.69, 9.17) is 9.72 Å². The Kier molecular flexibility index (Phi) is 6.86. The Morgan fingerprint density at radius 3 is 2.38 bits per heavy atom.